The van der Waals surface area contributed by atoms with Crippen LogP contribution in [0.2, 0.25) is 0 Å². The van der Waals surface area contributed by atoms with E-state index >= 15 is 0 Å². The molecule has 2 aromatic carbocycles. The average Bonchev–Trinajstić information content (AvgIpc) is 2.57. The largest absolute Gasteiger partial charge is 0.459 e. The zero-order valence-corrected chi connectivity index (χ0v) is 13.7. The molecule has 0 radical (unpaired) electrons. The van der Waals surface area contributed by atoms with Crippen LogP contribution in [-0.4, -0.2) is 16.6 Å². The first-order valence-electron chi connectivity index (χ1n) is 7.93. The maximum Gasteiger partial charge on any atom is 0.338 e. The van der Waals surface area contributed by atoms with Gasteiger partial charge < -0.3 is 9.30 Å². The molecule has 3 aromatic rings. The highest BCUT2D eigenvalue weighted by atomic mass is 16.5. The molecular formula is C20H19NO3. The average molecular weight is 321 g/mol. The van der Waals surface area contributed by atoms with E-state index in [2.05, 4.69) is 0 Å². The van der Waals surface area contributed by atoms with Crippen LogP contribution >= 0.6 is 0 Å². The number of pyridine rings is 1. The Labute approximate surface area is 140 Å². The minimum absolute atomic E-state index is 0.0172. The Morgan fingerprint density at radius 2 is 1.75 bits per heavy atom. The molecule has 0 bridgehead atoms. The molecule has 0 unspecified atom stereocenters. The minimum atomic E-state index is -0.334. The maximum atomic E-state index is 12.5. The van der Waals surface area contributed by atoms with E-state index in [-0.39, 0.29) is 17.6 Å². The van der Waals surface area contributed by atoms with E-state index in [1.807, 2.05) is 56.3 Å². The first-order valence-corrected chi connectivity index (χ1v) is 7.93. The first kappa shape index (κ1) is 16.0. The van der Waals surface area contributed by atoms with Crippen LogP contribution < -0.4 is 5.56 Å². The Hall–Kier alpha value is -2.88. The van der Waals surface area contributed by atoms with Crippen molar-refractivity contribution < 1.29 is 9.53 Å². The number of rotatable bonds is 4. The standard InChI is InChI=1S/C20H19NO3/c1-14(2)24-20(23)17-9-7-15(8-10-17)13-21-12-11-16-5-3-4-6-18(16)19(21)22/h3-12,14H,13H2,1-2H3. The van der Waals surface area contributed by atoms with E-state index in [0.29, 0.717) is 17.5 Å². The lowest BCUT2D eigenvalue weighted by Crippen LogP contribution is -2.20. The summed E-state index contributed by atoms with van der Waals surface area (Å²) in [6.07, 6.45) is 1.65. The molecule has 0 aliphatic rings. The van der Waals surface area contributed by atoms with Crippen molar-refractivity contribution in [3.05, 3.63) is 82.3 Å². The number of ether oxygens (including phenoxy) is 1. The number of aromatic nitrogens is 1. The molecule has 0 atom stereocenters. The molecule has 3 rings (SSSR count). The summed E-state index contributed by atoms with van der Waals surface area (Å²) < 4.78 is 6.84. The SMILES string of the molecule is CC(C)OC(=O)c1ccc(Cn2ccc3ccccc3c2=O)cc1. The highest BCUT2D eigenvalue weighted by molar-refractivity contribution is 5.89. The van der Waals surface area contributed by atoms with Crippen LogP contribution in [0.1, 0.15) is 29.8 Å². The molecule has 4 nitrogen and oxygen atoms in total. The van der Waals surface area contributed by atoms with Gasteiger partial charge >= 0.3 is 5.97 Å². The predicted octanol–water partition coefficient (Wildman–Crippen LogP) is 3.62. The Kier molecular flexibility index (Phi) is 4.47. The molecular weight excluding hydrogens is 302 g/mol. The highest BCUT2D eigenvalue weighted by Gasteiger charge is 2.09. The van der Waals surface area contributed by atoms with Crippen LogP contribution in [0.4, 0.5) is 0 Å². The number of benzene rings is 2. The third-order valence-electron chi connectivity index (χ3n) is 3.77. The lowest BCUT2D eigenvalue weighted by atomic mass is 10.1. The Morgan fingerprint density at radius 1 is 1.04 bits per heavy atom. The Bertz CT molecular complexity index is 924. The molecule has 122 valence electrons. The van der Waals surface area contributed by atoms with Crippen LogP contribution in [0, 0.1) is 0 Å². The van der Waals surface area contributed by atoms with E-state index < -0.39 is 0 Å². The Morgan fingerprint density at radius 3 is 2.46 bits per heavy atom. The molecule has 0 saturated heterocycles. The second-order valence-electron chi connectivity index (χ2n) is 5.99. The van der Waals surface area contributed by atoms with Crippen molar-refractivity contribution >= 4 is 16.7 Å². The molecule has 0 aliphatic carbocycles. The van der Waals surface area contributed by atoms with Gasteiger partial charge in [0.05, 0.1) is 18.2 Å². The van der Waals surface area contributed by atoms with Crippen LogP contribution in [0.3, 0.4) is 0 Å². The zero-order valence-electron chi connectivity index (χ0n) is 13.7. The van der Waals surface area contributed by atoms with Crippen LogP contribution in [-0.2, 0) is 11.3 Å². The van der Waals surface area contributed by atoms with E-state index in [0.717, 1.165) is 10.9 Å². The third kappa shape index (κ3) is 3.38. The minimum Gasteiger partial charge on any atom is -0.459 e. The fourth-order valence-corrected chi connectivity index (χ4v) is 2.58. The molecule has 0 spiro atoms. The quantitative estimate of drug-likeness (QED) is 0.690. The van der Waals surface area contributed by atoms with Crippen molar-refractivity contribution in [1.29, 1.82) is 0 Å². The van der Waals surface area contributed by atoms with Gasteiger partial charge in [-0.1, -0.05) is 30.3 Å². The summed E-state index contributed by atoms with van der Waals surface area (Å²) in [6, 6.07) is 16.6. The third-order valence-corrected chi connectivity index (χ3v) is 3.77. The van der Waals surface area contributed by atoms with Gasteiger partial charge in [-0.2, -0.15) is 0 Å². The first-order chi connectivity index (χ1) is 11.5. The lowest BCUT2D eigenvalue weighted by molar-refractivity contribution is 0.0378. The smallest absolute Gasteiger partial charge is 0.338 e. The molecule has 0 aliphatic heterocycles. The normalized spacial score (nSPS) is 11.0. The fourth-order valence-electron chi connectivity index (χ4n) is 2.58. The monoisotopic (exact) mass is 321 g/mol. The van der Waals surface area contributed by atoms with Gasteiger partial charge in [0.25, 0.3) is 5.56 Å². The van der Waals surface area contributed by atoms with Crippen LogP contribution in [0.15, 0.2) is 65.6 Å². The van der Waals surface area contributed by atoms with Crippen molar-refractivity contribution in [3.8, 4) is 0 Å². The molecule has 1 aromatic heterocycles. The number of hydrogen-bond acceptors (Lipinski definition) is 3. The summed E-state index contributed by atoms with van der Waals surface area (Å²) in [5, 5.41) is 1.64. The van der Waals surface area contributed by atoms with E-state index in [9.17, 15) is 9.59 Å². The van der Waals surface area contributed by atoms with Gasteiger partial charge in [0, 0.05) is 11.6 Å². The van der Waals surface area contributed by atoms with Gasteiger partial charge in [0.2, 0.25) is 0 Å². The highest BCUT2D eigenvalue weighted by Crippen LogP contribution is 2.11. The number of carbonyl (C=O) groups is 1. The number of nitrogens with zero attached hydrogens (tertiary/aromatic N) is 1. The van der Waals surface area contributed by atoms with E-state index in [4.69, 9.17) is 4.74 Å². The molecule has 0 saturated carbocycles. The molecule has 0 fully saturated rings. The molecule has 1 heterocycles. The number of esters is 1. The summed E-state index contributed by atoms with van der Waals surface area (Å²) in [5.41, 5.74) is 1.45. The topological polar surface area (TPSA) is 48.3 Å². The molecule has 4 heteroatoms. The number of hydrogen-bond donors (Lipinski definition) is 0. The van der Waals surface area contributed by atoms with Gasteiger partial charge in [-0.15, -0.1) is 0 Å². The second-order valence-corrected chi connectivity index (χ2v) is 5.99. The predicted molar refractivity (Wildman–Crippen MR) is 94.3 cm³/mol. The summed E-state index contributed by atoms with van der Waals surface area (Å²) in [5.74, 6) is -0.334. The fraction of sp³-hybridized carbons (Fsp3) is 0.200. The van der Waals surface area contributed by atoms with Gasteiger partial charge in [0.15, 0.2) is 0 Å². The van der Waals surface area contributed by atoms with Crippen molar-refractivity contribution in [2.75, 3.05) is 0 Å². The Balaban J connectivity index is 1.83. The van der Waals surface area contributed by atoms with E-state index in [1.54, 1.807) is 22.9 Å². The maximum absolute atomic E-state index is 12.5. The van der Waals surface area contributed by atoms with E-state index in [1.165, 1.54) is 0 Å². The van der Waals surface area contributed by atoms with Crippen molar-refractivity contribution in [2.24, 2.45) is 0 Å². The van der Waals surface area contributed by atoms with Gasteiger partial charge in [-0.3, -0.25) is 4.79 Å². The second kappa shape index (κ2) is 6.71. The number of carbonyl (C=O) groups excluding carboxylic acids is 1. The van der Waals surface area contributed by atoms with Gasteiger partial charge in [0.1, 0.15) is 0 Å². The van der Waals surface area contributed by atoms with Crippen LogP contribution in [0.5, 0.6) is 0 Å². The van der Waals surface area contributed by atoms with Crippen molar-refractivity contribution in [3.63, 3.8) is 0 Å². The van der Waals surface area contributed by atoms with Crippen molar-refractivity contribution in [1.82, 2.24) is 4.57 Å². The van der Waals surface area contributed by atoms with Gasteiger partial charge in [-0.05, 0) is 49.1 Å². The summed E-state index contributed by atoms with van der Waals surface area (Å²) in [7, 11) is 0. The van der Waals surface area contributed by atoms with Crippen LogP contribution in [0.25, 0.3) is 10.8 Å². The lowest BCUT2D eigenvalue weighted by Gasteiger charge is -2.10. The molecule has 0 N–H and O–H groups in total. The zero-order chi connectivity index (χ0) is 17.1. The summed E-state index contributed by atoms with van der Waals surface area (Å²) >= 11 is 0. The van der Waals surface area contributed by atoms with Gasteiger partial charge in [-0.25, -0.2) is 4.79 Å². The molecule has 24 heavy (non-hydrogen) atoms. The number of fused-ring (bicyclic) bond motifs is 1. The van der Waals surface area contributed by atoms with Crippen molar-refractivity contribution in [2.45, 2.75) is 26.5 Å². The summed E-state index contributed by atoms with van der Waals surface area (Å²) in [4.78, 5) is 24.4. The molecule has 0 amide bonds. The summed E-state index contributed by atoms with van der Waals surface area (Å²) in [6.45, 7) is 4.10.